The SMILES string of the molecule is O=C(Cc1ccc(F)cc1F)NCc1cc(C2CC2)ncn1. The van der Waals surface area contributed by atoms with Gasteiger partial charge in [-0.15, -0.1) is 0 Å². The molecule has 1 aromatic heterocycles. The fraction of sp³-hybridized carbons (Fsp3) is 0.312. The minimum atomic E-state index is -0.715. The van der Waals surface area contributed by atoms with Crippen molar-refractivity contribution in [2.75, 3.05) is 0 Å². The molecule has 4 nitrogen and oxygen atoms in total. The summed E-state index contributed by atoms with van der Waals surface area (Å²) in [4.78, 5) is 20.2. The number of nitrogens with one attached hydrogen (secondary N) is 1. The molecule has 0 atom stereocenters. The lowest BCUT2D eigenvalue weighted by Gasteiger charge is -2.07. The molecule has 1 heterocycles. The highest BCUT2D eigenvalue weighted by atomic mass is 19.1. The highest BCUT2D eigenvalue weighted by Gasteiger charge is 2.25. The lowest BCUT2D eigenvalue weighted by molar-refractivity contribution is -0.120. The Morgan fingerprint density at radius 2 is 2.05 bits per heavy atom. The zero-order valence-corrected chi connectivity index (χ0v) is 11.9. The first-order valence-electron chi connectivity index (χ1n) is 7.13. The third-order valence-electron chi connectivity index (χ3n) is 3.57. The standard InChI is InChI=1S/C16H15F2N3O/c17-12-4-3-11(14(18)6-12)5-16(22)19-8-13-7-15(10-1-2-10)21-9-20-13/h3-4,6-7,9-10H,1-2,5,8H2,(H,19,22). The second-order valence-corrected chi connectivity index (χ2v) is 5.40. The molecule has 0 aliphatic heterocycles. The monoisotopic (exact) mass is 303 g/mol. The van der Waals surface area contributed by atoms with Gasteiger partial charge < -0.3 is 5.32 Å². The Labute approximate surface area is 126 Å². The van der Waals surface area contributed by atoms with Crippen molar-refractivity contribution in [3.05, 3.63) is 59.2 Å². The summed E-state index contributed by atoms with van der Waals surface area (Å²) in [6.07, 6.45) is 3.65. The summed E-state index contributed by atoms with van der Waals surface area (Å²) < 4.78 is 26.3. The van der Waals surface area contributed by atoms with Crippen LogP contribution in [0.4, 0.5) is 8.78 Å². The Balaban J connectivity index is 1.56. The summed E-state index contributed by atoms with van der Waals surface area (Å²) in [5, 5.41) is 2.69. The van der Waals surface area contributed by atoms with Crippen LogP contribution in [-0.4, -0.2) is 15.9 Å². The molecule has 114 valence electrons. The van der Waals surface area contributed by atoms with E-state index in [-0.39, 0.29) is 24.4 Å². The molecule has 0 radical (unpaired) electrons. The van der Waals surface area contributed by atoms with Crippen LogP contribution in [-0.2, 0) is 17.8 Å². The average molecular weight is 303 g/mol. The molecule has 3 rings (SSSR count). The minimum absolute atomic E-state index is 0.132. The van der Waals surface area contributed by atoms with Gasteiger partial charge in [-0.1, -0.05) is 6.07 Å². The van der Waals surface area contributed by atoms with Crippen LogP contribution in [0.1, 0.15) is 35.7 Å². The van der Waals surface area contributed by atoms with Crippen LogP contribution < -0.4 is 5.32 Å². The molecule has 2 aromatic rings. The van der Waals surface area contributed by atoms with Crippen LogP contribution in [0, 0.1) is 11.6 Å². The number of hydrogen-bond donors (Lipinski definition) is 1. The highest BCUT2D eigenvalue weighted by Crippen LogP contribution is 2.38. The number of benzene rings is 1. The smallest absolute Gasteiger partial charge is 0.224 e. The van der Waals surface area contributed by atoms with E-state index < -0.39 is 11.6 Å². The molecule has 6 heteroatoms. The molecule has 0 bridgehead atoms. The van der Waals surface area contributed by atoms with Crippen LogP contribution in [0.2, 0.25) is 0 Å². The Morgan fingerprint density at radius 1 is 1.23 bits per heavy atom. The van der Waals surface area contributed by atoms with E-state index in [2.05, 4.69) is 15.3 Å². The molecular formula is C16H15F2N3O. The fourth-order valence-corrected chi connectivity index (χ4v) is 2.20. The van der Waals surface area contributed by atoms with Crippen LogP contribution in [0.5, 0.6) is 0 Å². The number of amides is 1. The summed E-state index contributed by atoms with van der Waals surface area (Å²) >= 11 is 0. The second kappa shape index (κ2) is 6.17. The van der Waals surface area contributed by atoms with Crippen LogP contribution in [0.3, 0.4) is 0 Å². The number of nitrogens with zero attached hydrogens (tertiary/aromatic N) is 2. The van der Waals surface area contributed by atoms with Gasteiger partial charge >= 0.3 is 0 Å². The summed E-state index contributed by atoms with van der Waals surface area (Å²) in [5.41, 5.74) is 1.90. The summed E-state index contributed by atoms with van der Waals surface area (Å²) in [7, 11) is 0. The summed E-state index contributed by atoms with van der Waals surface area (Å²) in [6.45, 7) is 0.268. The third kappa shape index (κ3) is 3.63. The molecule has 0 spiro atoms. The van der Waals surface area contributed by atoms with Crippen molar-refractivity contribution in [3.63, 3.8) is 0 Å². The minimum Gasteiger partial charge on any atom is -0.350 e. The van der Waals surface area contributed by atoms with Crippen molar-refractivity contribution in [1.29, 1.82) is 0 Å². The van der Waals surface area contributed by atoms with E-state index in [0.29, 0.717) is 5.92 Å². The van der Waals surface area contributed by atoms with Crippen LogP contribution in [0.25, 0.3) is 0 Å². The highest BCUT2D eigenvalue weighted by molar-refractivity contribution is 5.78. The molecule has 0 saturated heterocycles. The van der Waals surface area contributed by atoms with Crippen LogP contribution in [0.15, 0.2) is 30.6 Å². The first-order chi connectivity index (χ1) is 10.6. The van der Waals surface area contributed by atoms with E-state index in [1.165, 1.54) is 12.4 Å². The van der Waals surface area contributed by atoms with Gasteiger partial charge in [0.15, 0.2) is 0 Å². The van der Waals surface area contributed by atoms with E-state index in [1.807, 2.05) is 6.07 Å². The summed E-state index contributed by atoms with van der Waals surface area (Å²) in [6, 6.07) is 5.07. The molecule has 1 aliphatic rings. The third-order valence-corrected chi connectivity index (χ3v) is 3.57. The van der Waals surface area contributed by atoms with Gasteiger partial charge in [0.05, 0.1) is 18.7 Å². The molecule has 1 fully saturated rings. The van der Waals surface area contributed by atoms with E-state index in [4.69, 9.17) is 0 Å². The topological polar surface area (TPSA) is 54.9 Å². The van der Waals surface area contributed by atoms with Gasteiger partial charge in [-0.05, 0) is 30.5 Å². The predicted molar refractivity (Wildman–Crippen MR) is 75.9 cm³/mol. The Kier molecular flexibility index (Phi) is 4.09. The molecule has 1 aromatic carbocycles. The number of halogens is 2. The second-order valence-electron chi connectivity index (χ2n) is 5.40. The zero-order chi connectivity index (χ0) is 15.5. The largest absolute Gasteiger partial charge is 0.350 e. The number of rotatable bonds is 5. The maximum Gasteiger partial charge on any atom is 0.224 e. The van der Waals surface area contributed by atoms with Gasteiger partial charge in [0.1, 0.15) is 18.0 Å². The lowest BCUT2D eigenvalue weighted by Crippen LogP contribution is -2.25. The van der Waals surface area contributed by atoms with Crippen molar-refractivity contribution in [1.82, 2.24) is 15.3 Å². The van der Waals surface area contributed by atoms with E-state index in [9.17, 15) is 13.6 Å². The van der Waals surface area contributed by atoms with Crippen molar-refractivity contribution >= 4 is 5.91 Å². The number of hydrogen-bond acceptors (Lipinski definition) is 3. The number of carbonyl (C=O) groups is 1. The van der Waals surface area contributed by atoms with Crippen molar-refractivity contribution in [3.8, 4) is 0 Å². The quantitative estimate of drug-likeness (QED) is 0.923. The van der Waals surface area contributed by atoms with Gasteiger partial charge in [-0.2, -0.15) is 0 Å². The normalized spacial score (nSPS) is 13.9. The number of carbonyl (C=O) groups excluding carboxylic acids is 1. The molecule has 0 unspecified atom stereocenters. The van der Waals surface area contributed by atoms with Gasteiger partial charge in [-0.25, -0.2) is 18.7 Å². The Hall–Kier alpha value is -2.37. The predicted octanol–water partition coefficient (Wildman–Crippen LogP) is 2.49. The van der Waals surface area contributed by atoms with Gasteiger partial charge in [-0.3, -0.25) is 4.79 Å². The van der Waals surface area contributed by atoms with Gasteiger partial charge in [0.25, 0.3) is 0 Å². The maximum atomic E-state index is 13.5. The lowest BCUT2D eigenvalue weighted by atomic mass is 10.1. The first-order valence-corrected chi connectivity index (χ1v) is 7.13. The molecule has 1 aliphatic carbocycles. The average Bonchev–Trinajstić information content (AvgIpc) is 3.33. The van der Waals surface area contributed by atoms with Crippen LogP contribution >= 0.6 is 0 Å². The summed E-state index contributed by atoms with van der Waals surface area (Å²) in [5.74, 6) is -1.19. The van der Waals surface area contributed by atoms with E-state index in [0.717, 1.165) is 36.4 Å². The van der Waals surface area contributed by atoms with E-state index >= 15 is 0 Å². The Bertz CT molecular complexity index is 702. The molecular weight excluding hydrogens is 288 g/mol. The zero-order valence-electron chi connectivity index (χ0n) is 11.9. The Morgan fingerprint density at radius 3 is 2.77 bits per heavy atom. The molecule has 1 saturated carbocycles. The van der Waals surface area contributed by atoms with Crippen molar-refractivity contribution in [2.24, 2.45) is 0 Å². The van der Waals surface area contributed by atoms with Gasteiger partial charge in [0.2, 0.25) is 5.91 Å². The van der Waals surface area contributed by atoms with E-state index in [1.54, 1.807) is 0 Å². The number of aromatic nitrogens is 2. The fourth-order valence-electron chi connectivity index (χ4n) is 2.20. The molecule has 22 heavy (non-hydrogen) atoms. The van der Waals surface area contributed by atoms with Crippen molar-refractivity contribution in [2.45, 2.75) is 31.7 Å². The first kappa shape index (κ1) is 14.6. The molecule has 1 amide bonds. The molecule has 1 N–H and O–H groups in total. The van der Waals surface area contributed by atoms with Crippen molar-refractivity contribution < 1.29 is 13.6 Å². The maximum absolute atomic E-state index is 13.5. The van der Waals surface area contributed by atoms with Gasteiger partial charge in [0, 0.05) is 17.7 Å².